The molecule has 0 unspecified atom stereocenters. The van der Waals surface area contributed by atoms with Crippen LogP contribution in [0.15, 0.2) is 54.9 Å². The van der Waals surface area contributed by atoms with Crippen molar-refractivity contribution < 1.29 is 0 Å². The minimum Gasteiger partial charge on any atom is -0.399 e. The van der Waals surface area contributed by atoms with Crippen LogP contribution < -0.4 is 5.73 Å². The van der Waals surface area contributed by atoms with E-state index in [9.17, 15) is 0 Å². The molecule has 0 radical (unpaired) electrons. The van der Waals surface area contributed by atoms with E-state index in [0.717, 1.165) is 12.1 Å². The van der Waals surface area contributed by atoms with E-state index in [4.69, 9.17) is 5.73 Å². The standard InChI is InChI=1S/C14H14N2/c15-14-6-2-5-13(11-14)4-1-3-12-7-9-16-10-8-12/h1-3,5-11H,4,15H2/b3-1+. The van der Waals surface area contributed by atoms with Gasteiger partial charge in [0, 0.05) is 18.1 Å². The summed E-state index contributed by atoms with van der Waals surface area (Å²) < 4.78 is 0. The maximum Gasteiger partial charge on any atom is 0.0316 e. The Balaban J connectivity index is 2.00. The number of benzene rings is 1. The molecular weight excluding hydrogens is 196 g/mol. The van der Waals surface area contributed by atoms with Crippen LogP contribution in [0.3, 0.4) is 0 Å². The predicted octanol–water partition coefficient (Wildman–Crippen LogP) is 2.92. The molecule has 0 spiro atoms. The Morgan fingerprint density at radius 1 is 1.12 bits per heavy atom. The van der Waals surface area contributed by atoms with Gasteiger partial charge in [0.25, 0.3) is 0 Å². The molecule has 0 aliphatic carbocycles. The van der Waals surface area contributed by atoms with Crippen LogP contribution in [-0.2, 0) is 6.42 Å². The fourth-order valence-electron chi connectivity index (χ4n) is 1.53. The van der Waals surface area contributed by atoms with Gasteiger partial charge in [-0.25, -0.2) is 0 Å². The van der Waals surface area contributed by atoms with Crippen molar-refractivity contribution in [3.63, 3.8) is 0 Å². The van der Waals surface area contributed by atoms with E-state index in [0.29, 0.717) is 0 Å². The molecule has 2 heteroatoms. The fourth-order valence-corrected chi connectivity index (χ4v) is 1.53. The summed E-state index contributed by atoms with van der Waals surface area (Å²) in [5, 5.41) is 0. The highest BCUT2D eigenvalue weighted by atomic mass is 14.6. The number of aromatic nitrogens is 1. The normalized spacial score (nSPS) is 10.8. The van der Waals surface area contributed by atoms with Crippen LogP contribution in [0.5, 0.6) is 0 Å². The fraction of sp³-hybridized carbons (Fsp3) is 0.0714. The highest BCUT2D eigenvalue weighted by Gasteiger charge is 1.90. The van der Waals surface area contributed by atoms with Crippen molar-refractivity contribution in [2.75, 3.05) is 5.73 Å². The first-order chi connectivity index (χ1) is 7.84. The summed E-state index contributed by atoms with van der Waals surface area (Å²) in [7, 11) is 0. The molecule has 0 aliphatic heterocycles. The van der Waals surface area contributed by atoms with Crippen molar-refractivity contribution in [2.24, 2.45) is 0 Å². The zero-order valence-electron chi connectivity index (χ0n) is 9.01. The van der Waals surface area contributed by atoms with E-state index < -0.39 is 0 Å². The number of nitrogens with zero attached hydrogens (tertiary/aromatic N) is 1. The number of allylic oxidation sites excluding steroid dienone is 1. The Bertz CT molecular complexity index is 475. The van der Waals surface area contributed by atoms with E-state index >= 15 is 0 Å². The van der Waals surface area contributed by atoms with Gasteiger partial charge in [0.2, 0.25) is 0 Å². The first-order valence-electron chi connectivity index (χ1n) is 5.25. The van der Waals surface area contributed by atoms with Crippen LogP contribution in [0.4, 0.5) is 5.69 Å². The van der Waals surface area contributed by atoms with E-state index in [1.807, 2.05) is 30.3 Å². The van der Waals surface area contributed by atoms with Gasteiger partial charge in [-0.1, -0.05) is 24.3 Å². The molecule has 0 saturated heterocycles. The summed E-state index contributed by atoms with van der Waals surface area (Å²) in [6.07, 6.45) is 8.70. The summed E-state index contributed by atoms with van der Waals surface area (Å²) >= 11 is 0. The maximum atomic E-state index is 5.71. The smallest absolute Gasteiger partial charge is 0.0316 e. The van der Waals surface area contributed by atoms with Crippen LogP contribution in [0.25, 0.3) is 6.08 Å². The third kappa shape index (κ3) is 2.95. The topological polar surface area (TPSA) is 38.9 Å². The van der Waals surface area contributed by atoms with Crippen molar-refractivity contribution >= 4 is 11.8 Å². The molecule has 2 aromatic rings. The van der Waals surface area contributed by atoms with Gasteiger partial charge in [-0.3, -0.25) is 4.98 Å². The second-order valence-corrected chi connectivity index (χ2v) is 3.63. The van der Waals surface area contributed by atoms with E-state index in [1.54, 1.807) is 12.4 Å². The molecule has 1 aromatic heterocycles. The van der Waals surface area contributed by atoms with Gasteiger partial charge in [0.05, 0.1) is 0 Å². The summed E-state index contributed by atoms with van der Waals surface area (Å²) in [5.41, 5.74) is 8.92. The lowest BCUT2D eigenvalue weighted by atomic mass is 10.1. The molecule has 0 saturated carbocycles. The molecule has 2 N–H and O–H groups in total. The van der Waals surface area contributed by atoms with E-state index in [1.165, 1.54) is 11.1 Å². The van der Waals surface area contributed by atoms with Gasteiger partial charge in [-0.15, -0.1) is 0 Å². The Morgan fingerprint density at radius 3 is 2.69 bits per heavy atom. The van der Waals surface area contributed by atoms with Gasteiger partial charge in [-0.2, -0.15) is 0 Å². The zero-order valence-corrected chi connectivity index (χ0v) is 9.01. The first kappa shape index (κ1) is 10.4. The van der Waals surface area contributed by atoms with Crippen LogP contribution >= 0.6 is 0 Å². The second-order valence-electron chi connectivity index (χ2n) is 3.63. The van der Waals surface area contributed by atoms with Crippen molar-refractivity contribution in [1.29, 1.82) is 0 Å². The summed E-state index contributed by atoms with van der Waals surface area (Å²) in [6.45, 7) is 0. The quantitative estimate of drug-likeness (QED) is 0.791. The minimum absolute atomic E-state index is 0.815. The predicted molar refractivity (Wildman–Crippen MR) is 67.8 cm³/mol. The van der Waals surface area contributed by atoms with Gasteiger partial charge in [0.1, 0.15) is 0 Å². The van der Waals surface area contributed by atoms with Gasteiger partial charge < -0.3 is 5.73 Å². The number of hydrogen-bond donors (Lipinski definition) is 1. The first-order valence-corrected chi connectivity index (χ1v) is 5.25. The molecule has 0 amide bonds. The molecule has 1 aromatic carbocycles. The lowest BCUT2D eigenvalue weighted by molar-refractivity contribution is 1.28. The molecular formula is C14H14N2. The lowest BCUT2D eigenvalue weighted by Crippen LogP contribution is -1.86. The molecule has 0 fully saturated rings. The van der Waals surface area contributed by atoms with Gasteiger partial charge in [-0.05, 0) is 41.8 Å². The molecule has 0 aliphatic rings. The van der Waals surface area contributed by atoms with Crippen molar-refractivity contribution in [3.8, 4) is 0 Å². The summed E-state index contributed by atoms with van der Waals surface area (Å²) in [6, 6.07) is 11.9. The van der Waals surface area contributed by atoms with Crippen molar-refractivity contribution in [1.82, 2.24) is 4.98 Å². The number of pyridine rings is 1. The number of hydrogen-bond acceptors (Lipinski definition) is 2. The minimum atomic E-state index is 0.815. The lowest BCUT2D eigenvalue weighted by Gasteiger charge is -1.98. The van der Waals surface area contributed by atoms with E-state index in [-0.39, 0.29) is 0 Å². The maximum absolute atomic E-state index is 5.71. The Kier molecular flexibility index (Phi) is 3.34. The molecule has 2 nitrogen and oxygen atoms in total. The van der Waals surface area contributed by atoms with Crippen molar-refractivity contribution in [3.05, 3.63) is 66.0 Å². The van der Waals surface area contributed by atoms with Gasteiger partial charge in [0.15, 0.2) is 0 Å². The molecule has 2 rings (SSSR count). The molecule has 0 atom stereocenters. The highest BCUT2D eigenvalue weighted by molar-refractivity contribution is 5.49. The molecule has 16 heavy (non-hydrogen) atoms. The van der Waals surface area contributed by atoms with Crippen LogP contribution in [0.2, 0.25) is 0 Å². The Hall–Kier alpha value is -2.09. The van der Waals surface area contributed by atoms with Crippen LogP contribution in [-0.4, -0.2) is 4.98 Å². The average Bonchev–Trinajstić information content (AvgIpc) is 2.30. The molecule has 0 bridgehead atoms. The monoisotopic (exact) mass is 210 g/mol. The van der Waals surface area contributed by atoms with Gasteiger partial charge >= 0.3 is 0 Å². The summed E-state index contributed by atoms with van der Waals surface area (Å²) in [5.74, 6) is 0. The third-order valence-corrected chi connectivity index (χ3v) is 2.32. The highest BCUT2D eigenvalue weighted by Crippen LogP contribution is 2.08. The molecule has 1 heterocycles. The zero-order chi connectivity index (χ0) is 11.2. The van der Waals surface area contributed by atoms with Crippen LogP contribution in [0.1, 0.15) is 11.1 Å². The largest absolute Gasteiger partial charge is 0.399 e. The summed E-state index contributed by atoms with van der Waals surface area (Å²) in [4.78, 5) is 3.97. The van der Waals surface area contributed by atoms with Crippen molar-refractivity contribution in [2.45, 2.75) is 6.42 Å². The van der Waals surface area contributed by atoms with Crippen LogP contribution in [0, 0.1) is 0 Å². The van der Waals surface area contributed by atoms with E-state index in [2.05, 4.69) is 23.2 Å². The molecule has 80 valence electrons. The average molecular weight is 210 g/mol. The number of nitrogens with two attached hydrogens (primary N) is 1. The number of anilines is 1. The second kappa shape index (κ2) is 5.12. The Labute approximate surface area is 95.5 Å². The third-order valence-electron chi connectivity index (χ3n) is 2.32. The number of rotatable bonds is 3. The SMILES string of the molecule is Nc1cccc(C/C=C/c2ccncc2)c1. The Morgan fingerprint density at radius 2 is 1.94 bits per heavy atom. The number of nitrogen functional groups attached to an aromatic ring is 1.